The fraction of sp³-hybridized carbons (Fsp3) is 0.375. The fourth-order valence-electron chi connectivity index (χ4n) is 2.83. The van der Waals surface area contributed by atoms with Crippen molar-refractivity contribution in [1.82, 2.24) is 19.8 Å². The Morgan fingerprint density at radius 2 is 2.25 bits per heavy atom. The van der Waals surface area contributed by atoms with Gasteiger partial charge in [-0.05, 0) is 34.1 Å². The number of ether oxygens (including phenoxy) is 1. The molecule has 1 aromatic carbocycles. The average molecular weight is 416 g/mol. The van der Waals surface area contributed by atoms with Gasteiger partial charge in [-0.2, -0.15) is 0 Å². The summed E-state index contributed by atoms with van der Waals surface area (Å²) >= 11 is 3.47. The zero-order chi connectivity index (χ0) is 16.4. The lowest BCUT2D eigenvalue weighted by atomic mass is 10.1. The number of methoxy groups -OCH3 is 1. The zero-order valence-electron chi connectivity index (χ0n) is 13.5. The van der Waals surface area contributed by atoms with Crippen LogP contribution in [-0.4, -0.2) is 47.1 Å². The lowest BCUT2D eigenvalue weighted by Gasteiger charge is -2.36. The maximum absolute atomic E-state index is 13.1. The number of benzene rings is 1. The highest BCUT2D eigenvalue weighted by Crippen LogP contribution is 2.28. The molecule has 130 valence electrons. The minimum atomic E-state index is -0.0886. The van der Waals surface area contributed by atoms with Crippen LogP contribution in [0.25, 0.3) is 0 Å². The van der Waals surface area contributed by atoms with Crippen LogP contribution in [0.5, 0.6) is 5.75 Å². The Hall–Kier alpha value is -1.57. The van der Waals surface area contributed by atoms with E-state index in [4.69, 9.17) is 4.74 Å². The zero-order valence-corrected chi connectivity index (χ0v) is 15.9. The number of rotatable bonds is 3. The molecule has 2 aromatic rings. The predicted octanol–water partition coefficient (Wildman–Crippen LogP) is 2.40. The van der Waals surface area contributed by atoms with E-state index < -0.39 is 0 Å². The molecule has 1 aliphatic heterocycles. The van der Waals surface area contributed by atoms with Gasteiger partial charge in [0.1, 0.15) is 17.6 Å². The Bertz CT molecular complexity index is 722. The molecule has 0 spiro atoms. The van der Waals surface area contributed by atoms with Gasteiger partial charge in [-0.3, -0.25) is 4.79 Å². The highest BCUT2D eigenvalue weighted by molar-refractivity contribution is 9.10. The Labute approximate surface area is 155 Å². The number of hydrogen-bond donors (Lipinski definition) is 1. The summed E-state index contributed by atoms with van der Waals surface area (Å²) < 4.78 is 7.97. The summed E-state index contributed by atoms with van der Waals surface area (Å²) in [7, 11) is 3.54. The number of aryl methyl sites for hydroxylation is 1. The molecule has 3 rings (SSSR count). The fourth-order valence-corrected chi connectivity index (χ4v) is 3.24. The second-order valence-corrected chi connectivity index (χ2v) is 6.31. The summed E-state index contributed by atoms with van der Waals surface area (Å²) in [5.74, 6) is 1.52. The first kappa shape index (κ1) is 18.8. The number of nitrogens with one attached hydrogen (secondary N) is 1. The van der Waals surface area contributed by atoms with E-state index in [9.17, 15) is 4.79 Å². The molecule has 1 atom stereocenters. The molecule has 1 fully saturated rings. The maximum Gasteiger partial charge on any atom is 0.255 e. The van der Waals surface area contributed by atoms with Crippen molar-refractivity contribution < 1.29 is 9.53 Å². The summed E-state index contributed by atoms with van der Waals surface area (Å²) in [6, 6.07) is 5.34. The molecule has 0 saturated carbocycles. The van der Waals surface area contributed by atoms with Gasteiger partial charge in [0, 0.05) is 43.5 Å². The van der Waals surface area contributed by atoms with Crippen molar-refractivity contribution in [2.24, 2.45) is 7.05 Å². The van der Waals surface area contributed by atoms with E-state index in [0.717, 1.165) is 16.8 Å². The Balaban J connectivity index is 0.00000208. The van der Waals surface area contributed by atoms with E-state index in [0.29, 0.717) is 24.4 Å². The number of carbonyl (C=O) groups is 1. The van der Waals surface area contributed by atoms with Crippen LogP contribution in [0.1, 0.15) is 22.2 Å². The molecule has 0 radical (unpaired) electrons. The smallest absolute Gasteiger partial charge is 0.255 e. The predicted molar refractivity (Wildman–Crippen MR) is 97.8 cm³/mol. The average Bonchev–Trinajstić information content (AvgIpc) is 3.00. The topological polar surface area (TPSA) is 59.4 Å². The molecule has 24 heavy (non-hydrogen) atoms. The van der Waals surface area contributed by atoms with Crippen molar-refractivity contribution in [1.29, 1.82) is 0 Å². The molecule has 2 heterocycles. The van der Waals surface area contributed by atoms with Gasteiger partial charge in [0.25, 0.3) is 5.91 Å². The van der Waals surface area contributed by atoms with E-state index in [-0.39, 0.29) is 24.4 Å². The third-order valence-electron chi connectivity index (χ3n) is 4.06. The largest absolute Gasteiger partial charge is 0.497 e. The van der Waals surface area contributed by atoms with Crippen LogP contribution in [0.2, 0.25) is 0 Å². The van der Waals surface area contributed by atoms with Gasteiger partial charge in [-0.15, -0.1) is 12.4 Å². The first-order valence-corrected chi connectivity index (χ1v) is 8.23. The molecule has 1 N–H and O–H groups in total. The number of nitrogens with zero attached hydrogens (tertiary/aromatic N) is 3. The van der Waals surface area contributed by atoms with E-state index in [1.54, 1.807) is 19.4 Å². The van der Waals surface area contributed by atoms with Gasteiger partial charge in [-0.1, -0.05) is 0 Å². The molecule has 1 aliphatic rings. The van der Waals surface area contributed by atoms with Crippen molar-refractivity contribution in [3.8, 4) is 5.75 Å². The minimum absolute atomic E-state index is 0. The van der Waals surface area contributed by atoms with Gasteiger partial charge < -0.3 is 19.5 Å². The Morgan fingerprint density at radius 3 is 2.92 bits per heavy atom. The maximum atomic E-state index is 13.1. The number of hydrogen-bond acceptors (Lipinski definition) is 4. The highest BCUT2D eigenvalue weighted by atomic mass is 79.9. The van der Waals surface area contributed by atoms with Crippen LogP contribution in [-0.2, 0) is 7.05 Å². The molecule has 1 unspecified atom stereocenters. The summed E-state index contributed by atoms with van der Waals surface area (Å²) in [5.41, 5.74) is 0.602. The van der Waals surface area contributed by atoms with Crippen LogP contribution in [0.15, 0.2) is 35.1 Å². The third kappa shape index (κ3) is 3.58. The van der Waals surface area contributed by atoms with Gasteiger partial charge in [0.05, 0.1) is 12.7 Å². The van der Waals surface area contributed by atoms with Crippen LogP contribution in [0, 0.1) is 0 Å². The quantitative estimate of drug-likeness (QED) is 0.836. The van der Waals surface area contributed by atoms with Crippen LogP contribution in [0.3, 0.4) is 0 Å². The van der Waals surface area contributed by atoms with E-state index in [1.807, 2.05) is 34.8 Å². The number of piperazine rings is 1. The van der Waals surface area contributed by atoms with Gasteiger partial charge in [0.15, 0.2) is 0 Å². The number of halogens is 2. The lowest BCUT2D eigenvalue weighted by Crippen LogP contribution is -2.49. The Kier molecular flexibility index (Phi) is 6.26. The van der Waals surface area contributed by atoms with Gasteiger partial charge >= 0.3 is 0 Å². The van der Waals surface area contributed by atoms with E-state index in [2.05, 4.69) is 26.2 Å². The molecule has 8 heteroatoms. The summed E-state index contributed by atoms with van der Waals surface area (Å²) in [4.78, 5) is 19.4. The molecule has 1 saturated heterocycles. The monoisotopic (exact) mass is 414 g/mol. The van der Waals surface area contributed by atoms with Gasteiger partial charge in [-0.25, -0.2) is 4.98 Å². The summed E-state index contributed by atoms with van der Waals surface area (Å²) in [6.07, 6.45) is 3.65. The van der Waals surface area contributed by atoms with Crippen LogP contribution < -0.4 is 10.1 Å². The number of imidazole rings is 1. The first-order chi connectivity index (χ1) is 11.1. The SMILES string of the molecule is COc1ccc(Br)c(C(=O)N2CCNCC2c2nccn2C)c1.Cl. The van der Waals surface area contributed by atoms with Crippen LogP contribution >= 0.6 is 28.3 Å². The number of aromatic nitrogens is 2. The standard InChI is InChI=1S/C16H19BrN4O2.ClH/c1-20-7-6-19-15(20)14-10-18-5-8-21(14)16(22)12-9-11(23-2)3-4-13(12)17;/h3-4,6-7,9,14,18H,5,8,10H2,1-2H3;1H. The molecular weight excluding hydrogens is 396 g/mol. The lowest BCUT2D eigenvalue weighted by molar-refractivity contribution is 0.0619. The number of carbonyl (C=O) groups excluding carboxylic acids is 1. The van der Waals surface area contributed by atoms with Gasteiger partial charge in [0.2, 0.25) is 0 Å². The second kappa shape index (κ2) is 8.00. The summed E-state index contributed by atoms with van der Waals surface area (Å²) in [6.45, 7) is 2.10. The third-order valence-corrected chi connectivity index (χ3v) is 4.76. The van der Waals surface area contributed by atoms with Crippen LogP contribution in [0.4, 0.5) is 0 Å². The van der Waals surface area contributed by atoms with Crippen molar-refractivity contribution in [2.75, 3.05) is 26.7 Å². The number of amides is 1. The normalized spacial score (nSPS) is 17.3. The van der Waals surface area contributed by atoms with Crippen molar-refractivity contribution in [3.63, 3.8) is 0 Å². The molecule has 1 amide bonds. The van der Waals surface area contributed by atoms with Crippen molar-refractivity contribution >= 4 is 34.2 Å². The first-order valence-electron chi connectivity index (χ1n) is 7.44. The molecular formula is C16H20BrClN4O2. The highest BCUT2D eigenvalue weighted by Gasteiger charge is 2.31. The van der Waals surface area contributed by atoms with E-state index in [1.165, 1.54) is 0 Å². The van der Waals surface area contributed by atoms with E-state index >= 15 is 0 Å². The molecule has 6 nitrogen and oxygen atoms in total. The summed E-state index contributed by atoms with van der Waals surface area (Å²) in [5, 5.41) is 3.34. The Morgan fingerprint density at radius 1 is 1.46 bits per heavy atom. The van der Waals surface area contributed by atoms with Crippen molar-refractivity contribution in [3.05, 3.63) is 46.5 Å². The van der Waals surface area contributed by atoms with Crippen molar-refractivity contribution in [2.45, 2.75) is 6.04 Å². The molecule has 0 bridgehead atoms. The molecule has 0 aliphatic carbocycles. The molecule has 1 aromatic heterocycles. The second-order valence-electron chi connectivity index (χ2n) is 5.46. The minimum Gasteiger partial charge on any atom is -0.497 e.